The molecule has 0 saturated heterocycles. The monoisotopic (exact) mass is 283 g/mol. The first-order valence-corrected chi connectivity index (χ1v) is 6.65. The number of carbonyl (C=O) groups is 2. The minimum Gasteiger partial charge on any atom is -0.485 e. The lowest BCUT2D eigenvalue weighted by Gasteiger charge is -2.07. The van der Waals surface area contributed by atoms with Crippen molar-refractivity contribution < 1.29 is 14.3 Å². The van der Waals surface area contributed by atoms with Crippen LogP contribution in [0.25, 0.3) is 0 Å². The van der Waals surface area contributed by atoms with Gasteiger partial charge in [0, 0.05) is 18.2 Å². The number of ketones is 1. The highest BCUT2D eigenvalue weighted by molar-refractivity contribution is 5.97. The van der Waals surface area contributed by atoms with Crippen molar-refractivity contribution in [2.24, 2.45) is 0 Å². The van der Waals surface area contributed by atoms with E-state index in [9.17, 15) is 9.59 Å². The molecule has 0 atom stereocenters. The summed E-state index contributed by atoms with van der Waals surface area (Å²) in [6, 6.07) is 14.3. The average Bonchev–Trinajstić information content (AvgIpc) is 2.46. The molecule has 0 saturated carbocycles. The lowest BCUT2D eigenvalue weighted by Crippen LogP contribution is -2.11. The maximum atomic E-state index is 12.0. The molecule has 0 spiro atoms. The molecule has 2 aromatic carbocycles. The Labute approximate surface area is 123 Å². The Balaban J connectivity index is 1.92. The molecule has 0 radical (unpaired) electrons. The second-order valence-electron chi connectivity index (χ2n) is 4.78. The number of benzene rings is 2. The van der Waals surface area contributed by atoms with Crippen LogP contribution in [-0.4, -0.2) is 18.3 Å². The Hall–Kier alpha value is -2.62. The van der Waals surface area contributed by atoms with Crippen LogP contribution in [0.3, 0.4) is 0 Å². The smallest absolute Gasteiger partial charge is 0.221 e. The number of amides is 1. The SMILES string of the molecule is CC(=O)Nc1ccc(OCC(=O)c2ccc(C)cc2)cc1. The third kappa shape index (κ3) is 4.45. The van der Waals surface area contributed by atoms with Gasteiger partial charge in [0.1, 0.15) is 5.75 Å². The van der Waals surface area contributed by atoms with Crippen molar-refractivity contribution in [1.82, 2.24) is 0 Å². The van der Waals surface area contributed by atoms with Gasteiger partial charge in [0.25, 0.3) is 0 Å². The number of nitrogens with one attached hydrogen (secondary N) is 1. The predicted octanol–water partition coefficient (Wildman–Crippen LogP) is 3.22. The first-order chi connectivity index (χ1) is 10.0. The highest BCUT2D eigenvalue weighted by atomic mass is 16.5. The van der Waals surface area contributed by atoms with Crippen molar-refractivity contribution in [1.29, 1.82) is 0 Å². The topological polar surface area (TPSA) is 55.4 Å². The number of Topliss-reactive ketones (excluding diaryl/α,β-unsaturated/α-hetero) is 1. The van der Waals surface area contributed by atoms with E-state index >= 15 is 0 Å². The van der Waals surface area contributed by atoms with Crippen LogP contribution in [0, 0.1) is 6.92 Å². The number of carbonyl (C=O) groups excluding carboxylic acids is 2. The maximum Gasteiger partial charge on any atom is 0.221 e. The second-order valence-corrected chi connectivity index (χ2v) is 4.78. The molecule has 108 valence electrons. The lowest BCUT2D eigenvalue weighted by molar-refractivity contribution is -0.114. The molecule has 0 heterocycles. The van der Waals surface area contributed by atoms with Crippen LogP contribution in [0.5, 0.6) is 5.75 Å². The molecule has 2 aromatic rings. The zero-order valence-electron chi connectivity index (χ0n) is 12.1. The second kappa shape index (κ2) is 6.70. The molecule has 0 bridgehead atoms. The van der Waals surface area contributed by atoms with Crippen molar-refractivity contribution in [3.8, 4) is 5.75 Å². The molecule has 4 nitrogen and oxygen atoms in total. The summed E-state index contributed by atoms with van der Waals surface area (Å²) in [4.78, 5) is 22.9. The number of ether oxygens (including phenoxy) is 1. The van der Waals surface area contributed by atoms with E-state index in [1.807, 2.05) is 19.1 Å². The molecule has 4 heteroatoms. The zero-order chi connectivity index (χ0) is 15.2. The summed E-state index contributed by atoms with van der Waals surface area (Å²) in [5, 5.41) is 2.67. The molecule has 1 N–H and O–H groups in total. The van der Waals surface area contributed by atoms with E-state index in [2.05, 4.69) is 5.32 Å². The summed E-state index contributed by atoms with van der Waals surface area (Å²) in [6.07, 6.45) is 0. The summed E-state index contributed by atoms with van der Waals surface area (Å²) in [6.45, 7) is 3.41. The molecular formula is C17H17NO3. The Bertz CT molecular complexity index is 630. The van der Waals surface area contributed by atoms with Gasteiger partial charge in [0.05, 0.1) is 0 Å². The molecule has 0 unspecified atom stereocenters. The Morgan fingerprint density at radius 3 is 2.19 bits per heavy atom. The summed E-state index contributed by atoms with van der Waals surface area (Å²) in [5.74, 6) is 0.392. The predicted molar refractivity (Wildman–Crippen MR) is 81.8 cm³/mol. The van der Waals surface area contributed by atoms with E-state index in [0.717, 1.165) is 5.56 Å². The fraction of sp³-hybridized carbons (Fsp3) is 0.176. The van der Waals surface area contributed by atoms with Crippen LogP contribution in [-0.2, 0) is 4.79 Å². The Morgan fingerprint density at radius 1 is 1.00 bits per heavy atom. The highest BCUT2D eigenvalue weighted by Gasteiger charge is 2.06. The van der Waals surface area contributed by atoms with Crippen molar-refractivity contribution >= 4 is 17.4 Å². The normalized spacial score (nSPS) is 10.0. The van der Waals surface area contributed by atoms with Gasteiger partial charge in [-0.2, -0.15) is 0 Å². The number of rotatable bonds is 5. The van der Waals surface area contributed by atoms with E-state index in [1.54, 1.807) is 36.4 Å². The van der Waals surface area contributed by atoms with Gasteiger partial charge in [0.15, 0.2) is 12.4 Å². The van der Waals surface area contributed by atoms with Crippen molar-refractivity contribution in [3.63, 3.8) is 0 Å². The Kier molecular flexibility index (Phi) is 4.72. The fourth-order valence-corrected chi connectivity index (χ4v) is 1.81. The Morgan fingerprint density at radius 2 is 1.62 bits per heavy atom. The van der Waals surface area contributed by atoms with E-state index in [1.165, 1.54) is 6.92 Å². The summed E-state index contributed by atoms with van der Waals surface area (Å²) in [5.41, 5.74) is 2.44. The minimum absolute atomic E-state index is 0.0114. The quantitative estimate of drug-likeness (QED) is 0.857. The van der Waals surface area contributed by atoms with Gasteiger partial charge in [-0.1, -0.05) is 29.8 Å². The van der Waals surface area contributed by atoms with Gasteiger partial charge in [-0.25, -0.2) is 0 Å². The molecule has 1 amide bonds. The molecule has 0 aliphatic carbocycles. The van der Waals surface area contributed by atoms with E-state index in [0.29, 0.717) is 17.0 Å². The first-order valence-electron chi connectivity index (χ1n) is 6.65. The molecule has 0 fully saturated rings. The number of hydrogen-bond donors (Lipinski definition) is 1. The number of anilines is 1. The lowest BCUT2D eigenvalue weighted by atomic mass is 10.1. The van der Waals surface area contributed by atoms with Crippen LogP contribution in [0.2, 0.25) is 0 Å². The standard InChI is InChI=1S/C17H17NO3/c1-12-3-5-14(6-4-12)17(20)11-21-16-9-7-15(8-10-16)18-13(2)19/h3-10H,11H2,1-2H3,(H,18,19). The third-order valence-corrected chi connectivity index (χ3v) is 2.92. The fourth-order valence-electron chi connectivity index (χ4n) is 1.81. The largest absolute Gasteiger partial charge is 0.485 e. The maximum absolute atomic E-state index is 12.0. The van der Waals surface area contributed by atoms with Crippen LogP contribution in [0.1, 0.15) is 22.8 Å². The van der Waals surface area contributed by atoms with Crippen molar-refractivity contribution in [3.05, 3.63) is 59.7 Å². The van der Waals surface area contributed by atoms with Gasteiger partial charge in [-0.3, -0.25) is 9.59 Å². The van der Waals surface area contributed by atoms with Crippen LogP contribution < -0.4 is 10.1 Å². The van der Waals surface area contributed by atoms with Gasteiger partial charge in [0.2, 0.25) is 5.91 Å². The molecule has 21 heavy (non-hydrogen) atoms. The van der Waals surface area contributed by atoms with Crippen LogP contribution in [0.15, 0.2) is 48.5 Å². The van der Waals surface area contributed by atoms with Crippen molar-refractivity contribution in [2.45, 2.75) is 13.8 Å². The molecule has 0 aromatic heterocycles. The van der Waals surface area contributed by atoms with E-state index < -0.39 is 0 Å². The van der Waals surface area contributed by atoms with E-state index in [4.69, 9.17) is 4.74 Å². The third-order valence-electron chi connectivity index (χ3n) is 2.92. The van der Waals surface area contributed by atoms with Crippen LogP contribution >= 0.6 is 0 Å². The van der Waals surface area contributed by atoms with E-state index in [-0.39, 0.29) is 18.3 Å². The summed E-state index contributed by atoms with van der Waals surface area (Å²) >= 11 is 0. The molecule has 0 aliphatic rings. The zero-order valence-corrected chi connectivity index (χ0v) is 12.1. The van der Waals surface area contributed by atoms with Gasteiger partial charge >= 0.3 is 0 Å². The van der Waals surface area contributed by atoms with Crippen molar-refractivity contribution in [2.75, 3.05) is 11.9 Å². The molecule has 2 rings (SSSR count). The summed E-state index contributed by atoms with van der Waals surface area (Å²) in [7, 11) is 0. The first kappa shape index (κ1) is 14.8. The van der Waals surface area contributed by atoms with Gasteiger partial charge in [-0.05, 0) is 31.2 Å². The number of hydrogen-bond acceptors (Lipinski definition) is 3. The molecular weight excluding hydrogens is 266 g/mol. The van der Waals surface area contributed by atoms with Gasteiger partial charge in [-0.15, -0.1) is 0 Å². The summed E-state index contributed by atoms with van der Waals surface area (Å²) < 4.78 is 5.45. The minimum atomic E-state index is -0.127. The molecule has 0 aliphatic heterocycles. The number of aryl methyl sites for hydroxylation is 1. The average molecular weight is 283 g/mol. The highest BCUT2D eigenvalue weighted by Crippen LogP contribution is 2.16. The van der Waals surface area contributed by atoms with Crippen LogP contribution in [0.4, 0.5) is 5.69 Å². The van der Waals surface area contributed by atoms with Gasteiger partial charge < -0.3 is 10.1 Å².